The molecular weight excluding hydrogens is 574 g/mol. The number of benzene rings is 1. The Bertz CT molecular complexity index is 1430. The third-order valence-corrected chi connectivity index (χ3v) is 10.7. The molecule has 1 aromatic heterocycles. The molecule has 2 saturated carbocycles. The summed E-state index contributed by atoms with van der Waals surface area (Å²) in [5.74, 6) is 2.26. The largest absolute Gasteiger partial charge is 0.514 e. The number of carbonyl (C=O) groups excluding carboxylic acids is 2. The summed E-state index contributed by atoms with van der Waals surface area (Å²) in [6, 6.07) is 4.41. The minimum absolute atomic E-state index is 0.0202. The SMILES string of the molecule is CO/N=C1\C[C@@H](CCC(=O)Nc2ncc(C)s2)C2C3CCc4cc(OC(=O)OC(C)(C)C)c(C(C)(C)C)cc4C3CC[C@]12C. The van der Waals surface area contributed by atoms with Gasteiger partial charge in [0.2, 0.25) is 5.91 Å². The van der Waals surface area contributed by atoms with Crippen LogP contribution in [0.4, 0.5) is 9.93 Å². The maximum absolute atomic E-state index is 12.9. The lowest BCUT2D eigenvalue weighted by molar-refractivity contribution is -0.116. The van der Waals surface area contributed by atoms with Gasteiger partial charge in [-0.25, -0.2) is 9.78 Å². The van der Waals surface area contributed by atoms with Gasteiger partial charge in [-0.15, -0.1) is 11.3 Å². The van der Waals surface area contributed by atoms with Crippen molar-refractivity contribution in [2.45, 2.75) is 117 Å². The number of nitrogens with one attached hydrogen (secondary N) is 1. The molecule has 44 heavy (non-hydrogen) atoms. The van der Waals surface area contributed by atoms with Gasteiger partial charge in [0.05, 0.1) is 5.71 Å². The van der Waals surface area contributed by atoms with Crippen molar-refractivity contribution in [3.63, 3.8) is 0 Å². The van der Waals surface area contributed by atoms with Gasteiger partial charge in [0.1, 0.15) is 18.5 Å². The fourth-order valence-corrected chi connectivity index (χ4v) is 8.82. The van der Waals surface area contributed by atoms with Crippen molar-refractivity contribution in [2.24, 2.45) is 28.3 Å². The second-order valence-corrected chi connectivity index (χ2v) is 16.4. The Morgan fingerprint density at radius 2 is 1.91 bits per heavy atom. The molecule has 240 valence electrons. The predicted molar refractivity (Wildman–Crippen MR) is 175 cm³/mol. The molecular formula is C35H49N3O5S. The molecule has 0 saturated heterocycles. The fraction of sp³-hybridized carbons (Fsp3) is 0.657. The lowest BCUT2D eigenvalue weighted by atomic mass is 9.53. The van der Waals surface area contributed by atoms with Gasteiger partial charge in [-0.3, -0.25) is 4.79 Å². The van der Waals surface area contributed by atoms with E-state index in [1.165, 1.54) is 22.5 Å². The highest BCUT2D eigenvalue weighted by Crippen LogP contribution is 2.63. The Morgan fingerprint density at radius 1 is 1.16 bits per heavy atom. The first-order valence-corrected chi connectivity index (χ1v) is 16.8. The highest BCUT2D eigenvalue weighted by atomic mass is 32.1. The number of nitrogens with zero attached hydrogens (tertiary/aromatic N) is 2. The Hall–Kier alpha value is -2.94. The van der Waals surface area contributed by atoms with Gasteiger partial charge in [-0.2, -0.15) is 0 Å². The second-order valence-electron chi connectivity index (χ2n) is 15.2. The van der Waals surface area contributed by atoms with Crippen LogP contribution in [-0.2, 0) is 26.2 Å². The van der Waals surface area contributed by atoms with Crippen molar-refractivity contribution in [1.29, 1.82) is 0 Å². The van der Waals surface area contributed by atoms with Gasteiger partial charge < -0.3 is 19.6 Å². The van der Waals surface area contributed by atoms with Crippen LogP contribution in [0, 0.1) is 30.1 Å². The van der Waals surface area contributed by atoms with Gasteiger partial charge in [0.15, 0.2) is 5.13 Å². The van der Waals surface area contributed by atoms with Crippen molar-refractivity contribution < 1.29 is 23.9 Å². The van der Waals surface area contributed by atoms with Crippen LogP contribution in [0.3, 0.4) is 0 Å². The molecule has 0 bridgehead atoms. The molecule has 1 heterocycles. The average Bonchev–Trinajstić information content (AvgIpc) is 3.44. The topological polar surface area (TPSA) is 99.1 Å². The standard InChI is InChI=1S/C35H49N3O5S/c1-20-19-36-31(44-20)37-29(39)13-11-22-17-28(38-41-9)35(8)15-14-23-24(30(22)35)12-10-21-16-27(42-32(40)43-34(5,6)7)26(18-25(21)23)33(2,3)4/h16,18-19,22-24,30H,10-15,17H2,1-9H3,(H,36,37,39)/b38-28+/t22-,23?,24?,30?,35-/m1/s1. The third-order valence-electron chi connectivity index (χ3n) is 9.90. The van der Waals surface area contributed by atoms with Gasteiger partial charge in [0, 0.05) is 28.5 Å². The molecule has 0 spiro atoms. The first-order chi connectivity index (χ1) is 20.6. The van der Waals surface area contributed by atoms with E-state index in [2.05, 4.69) is 55.3 Å². The molecule has 1 amide bonds. The van der Waals surface area contributed by atoms with Crippen molar-refractivity contribution in [3.8, 4) is 5.75 Å². The molecule has 5 rings (SSSR count). The number of carbonyl (C=O) groups is 2. The predicted octanol–water partition coefficient (Wildman–Crippen LogP) is 8.57. The monoisotopic (exact) mass is 623 g/mol. The van der Waals surface area contributed by atoms with E-state index in [9.17, 15) is 9.59 Å². The Kier molecular flexibility index (Phi) is 8.93. The average molecular weight is 624 g/mol. The maximum Gasteiger partial charge on any atom is 0.514 e. The molecule has 1 N–H and O–H groups in total. The van der Waals surface area contributed by atoms with Crippen LogP contribution in [0.5, 0.6) is 5.75 Å². The lowest BCUT2D eigenvalue weighted by Crippen LogP contribution is -2.44. The van der Waals surface area contributed by atoms with Crippen LogP contribution in [0.1, 0.15) is 114 Å². The van der Waals surface area contributed by atoms with E-state index in [4.69, 9.17) is 14.3 Å². The van der Waals surface area contributed by atoms with E-state index in [0.29, 0.717) is 41.0 Å². The summed E-state index contributed by atoms with van der Waals surface area (Å²) in [6.07, 6.45) is 7.34. The molecule has 1 aromatic carbocycles. The first-order valence-electron chi connectivity index (χ1n) is 16.0. The van der Waals surface area contributed by atoms with E-state index in [-0.39, 0.29) is 16.7 Å². The van der Waals surface area contributed by atoms with Crippen molar-refractivity contribution in [3.05, 3.63) is 39.9 Å². The Morgan fingerprint density at radius 3 is 2.55 bits per heavy atom. The highest BCUT2D eigenvalue weighted by molar-refractivity contribution is 7.15. The number of rotatable bonds is 6. The van der Waals surface area contributed by atoms with Gasteiger partial charge in [0.25, 0.3) is 0 Å². The molecule has 2 aromatic rings. The molecule has 0 aliphatic heterocycles. The number of aryl methyl sites for hydroxylation is 2. The molecule has 5 atom stereocenters. The first kappa shape index (κ1) is 32.5. The summed E-state index contributed by atoms with van der Waals surface area (Å²) >= 11 is 1.50. The summed E-state index contributed by atoms with van der Waals surface area (Å²) in [7, 11) is 1.63. The van der Waals surface area contributed by atoms with Crippen LogP contribution in [-0.4, -0.2) is 35.5 Å². The number of ether oxygens (including phenoxy) is 2. The van der Waals surface area contributed by atoms with E-state index in [0.717, 1.165) is 54.7 Å². The molecule has 9 heteroatoms. The minimum atomic E-state index is -0.669. The zero-order chi connectivity index (χ0) is 32.0. The van der Waals surface area contributed by atoms with Crippen molar-refractivity contribution in [1.82, 2.24) is 4.98 Å². The van der Waals surface area contributed by atoms with E-state index in [1.807, 2.05) is 27.7 Å². The van der Waals surface area contributed by atoms with Crippen molar-refractivity contribution >= 4 is 34.2 Å². The highest BCUT2D eigenvalue weighted by Gasteiger charge is 2.57. The number of hydrogen-bond acceptors (Lipinski definition) is 8. The van der Waals surface area contributed by atoms with Gasteiger partial charge in [-0.05, 0) is 112 Å². The number of amides is 1. The number of aromatic nitrogens is 1. The maximum atomic E-state index is 12.9. The second kappa shape index (κ2) is 12.1. The number of thiazole rings is 1. The third kappa shape index (κ3) is 6.68. The number of oxime groups is 1. The quantitative estimate of drug-likeness (QED) is 0.197. The van der Waals surface area contributed by atoms with E-state index < -0.39 is 11.8 Å². The number of anilines is 1. The zero-order valence-electron chi connectivity index (χ0n) is 27.8. The van der Waals surface area contributed by atoms with E-state index in [1.54, 1.807) is 13.3 Å². The molecule has 3 aliphatic rings. The van der Waals surface area contributed by atoms with Crippen LogP contribution < -0.4 is 10.1 Å². The lowest BCUT2D eigenvalue weighted by Gasteiger charge is -2.50. The van der Waals surface area contributed by atoms with Crippen LogP contribution in [0.15, 0.2) is 23.5 Å². The summed E-state index contributed by atoms with van der Waals surface area (Å²) in [5.41, 5.74) is 3.92. The normalized spacial score (nSPS) is 27.2. The van der Waals surface area contributed by atoms with Crippen LogP contribution in [0.25, 0.3) is 0 Å². The van der Waals surface area contributed by atoms with Gasteiger partial charge >= 0.3 is 6.16 Å². The molecule has 8 nitrogen and oxygen atoms in total. The van der Waals surface area contributed by atoms with Gasteiger partial charge in [-0.1, -0.05) is 38.9 Å². The molecule has 0 radical (unpaired) electrons. The number of hydrogen-bond donors (Lipinski definition) is 1. The Labute approximate surface area is 266 Å². The fourth-order valence-electron chi connectivity index (χ4n) is 8.14. The summed E-state index contributed by atoms with van der Waals surface area (Å²) in [4.78, 5) is 36.4. The summed E-state index contributed by atoms with van der Waals surface area (Å²) < 4.78 is 11.4. The summed E-state index contributed by atoms with van der Waals surface area (Å²) in [5, 5.41) is 8.23. The minimum Gasteiger partial charge on any atom is -0.428 e. The van der Waals surface area contributed by atoms with Crippen molar-refractivity contribution in [2.75, 3.05) is 12.4 Å². The van der Waals surface area contributed by atoms with E-state index >= 15 is 0 Å². The molecule has 3 aliphatic carbocycles. The smallest absolute Gasteiger partial charge is 0.428 e. The summed E-state index contributed by atoms with van der Waals surface area (Å²) in [6.45, 7) is 16.4. The zero-order valence-corrected chi connectivity index (χ0v) is 28.7. The van der Waals surface area contributed by atoms with Crippen LogP contribution in [0.2, 0.25) is 0 Å². The number of fused-ring (bicyclic) bond motifs is 5. The molecule has 2 fully saturated rings. The molecule has 3 unspecified atom stereocenters. The van der Waals surface area contributed by atoms with Crippen LogP contribution >= 0.6 is 11.3 Å². The Balaban J connectivity index is 1.42.